The third-order valence-electron chi connectivity index (χ3n) is 1.72. The summed E-state index contributed by atoms with van der Waals surface area (Å²) in [6.45, 7) is 5.77. The first-order valence-corrected chi connectivity index (χ1v) is 8.39. The third kappa shape index (κ3) is 8.37. The Morgan fingerprint density at radius 1 is 1.40 bits per heavy atom. The van der Waals surface area contributed by atoms with Crippen LogP contribution in [0.2, 0.25) is 0 Å². The predicted octanol–water partition coefficient (Wildman–Crippen LogP) is 1.92. The largest absolute Gasteiger partial charge is 0.212 e. The van der Waals surface area contributed by atoms with E-state index in [0.717, 1.165) is 11.5 Å². The molecule has 0 aliphatic heterocycles. The van der Waals surface area contributed by atoms with E-state index in [0.29, 0.717) is 5.88 Å². The lowest BCUT2D eigenvalue weighted by Gasteiger charge is -2.15. The van der Waals surface area contributed by atoms with E-state index in [4.69, 9.17) is 11.6 Å². The fourth-order valence-corrected chi connectivity index (χ4v) is 3.78. The maximum Gasteiger partial charge on any atom is 0.212 e. The highest BCUT2D eigenvalue weighted by Gasteiger charge is 2.17. The molecule has 0 heterocycles. The van der Waals surface area contributed by atoms with E-state index in [-0.39, 0.29) is 17.7 Å². The second-order valence-corrected chi connectivity index (χ2v) is 7.15. The van der Waals surface area contributed by atoms with Gasteiger partial charge >= 0.3 is 0 Å². The van der Waals surface area contributed by atoms with Crippen LogP contribution in [0.25, 0.3) is 0 Å². The minimum Gasteiger partial charge on any atom is -0.212 e. The molecule has 0 saturated heterocycles. The number of hydrogen-bond acceptors (Lipinski definition) is 3. The SMILES string of the molecule is CCSCC(C)NS(=O)(=O)CC(C)CCl. The summed E-state index contributed by atoms with van der Waals surface area (Å²) in [5.74, 6) is 2.29. The van der Waals surface area contributed by atoms with Gasteiger partial charge in [0.1, 0.15) is 0 Å². The van der Waals surface area contributed by atoms with Crippen molar-refractivity contribution < 1.29 is 8.42 Å². The van der Waals surface area contributed by atoms with Crippen molar-refractivity contribution in [1.82, 2.24) is 4.72 Å². The standard InChI is InChI=1S/C9H20ClNO2S2/c1-4-14-6-9(3)11-15(12,13)7-8(2)5-10/h8-9,11H,4-7H2,1-3H3. The molecular weight excluding hydrogens is 254 g/mol. The summed E-state index contributed by atoms with van der Waals surface area (Å²) in [5, 5.41) is 0. The lowest BCUT2D eigenvalue weighted by molar-refractivity contribution is 0.559. The van der Waals surface area contributed by atoms with E-state index in [1.807, 2.05) is 13.8 Å². The Hall–Kier alpha value is 0.550. The first-order valence-electron chi connectivity index (χ1n) is 5.05. The Morgan fingerprint density at radius 3 is 2.47 bits per heavy atom. The Morgan fingerprint density at radius 2 is 2.00 bits per heavy atom. The predicted molar refractivity (Wildman–Crippen MR) is 69.3 cm³/mol. The molecule has 15 heavy (non-hydrogen) atoms. The molecule has 0 aliphatic carbocycles. The molecule has 0 aromatic heterocycles. The number of rotatable bonds is 8. The molecule has 0 aromatic rings. The number of thioether (sulfide) groups is 1. The van der Waals surface area contributed by atoms with Crippen molar-refractivity contribution in [3.05, 3.63) is 0 Å². The number of alkyl halides is 1. The number of halogens is 1. The number of nitrogens with one attached hydrogen (secondary N) is 1. The Balaban J connectivity index is 4.02. The van der Waals surface area contributed by atoms with Crippen molar-refractivity contribution in [3.63, 3.8) is 0 Å². The van der Waals surface area contributed by atoms with E-state index in [9.17, 15) is 8.42 Å². The molecule has 0 fully saturated rings. The fraction of sp³-hybridized carbons (Fsp3) is 1.00. The molecule has 1 N–H and O–H groups in total. The Kier molecular flexibility index (Phi) is 8.05. The van der Waals surface area contributed by atoms with Gasteiger partial charge in [-0.3, -0.25) is 0 Å². The fourth-order valence-electron chi connectivity index (χ4n) is 1.10. The topological polar surface area (TPSA) is 46.2 Å². The van der Waals surface area contributed by atoms with Crippen LogP contribution in [0.5, 0.6) is 0 Å². The highest BCUT2D eigenvalue weighted by Crippen LogP contribution is 2.06. The average Bonchev–Trinajstić information content (AvgIpc) is 2.12. The molecule has 92 valence electrons. The van der Waals surface area contributed by atoms with Crippen LogP contribution in [-0.2, 0) is 10.0 Å². The van der Waals surface area contributed by atoms with Crippen LogP contribution in [0, 0.1) is 5.92 Å². The van der Waals surface area contributed by atoms with E-state index in [1.54, 1.807) is 11.8 Å². The molecule has 6 heteroatoms. The minimum absolute atomic E-state index is 0.00445. The number of hydrogen-bond donors (Lipinski definition) is 1. The second-order valence-electron chi connectivity index (χ2n) is 3.72. The van der Waals surface area contributed by atoms with Crippen LogP contribution in [-0.4, -0.2) is 37.6 Å². The van der Waals surface area contributed by atoms with Gasteiger partial charge in [0.05, 0.1) is 5.75 Å². The molecule has 2 atom stereocenters. The van der Waals surface area contributed by atoms with Crippen LogP contribution in [0.1, 0.15) is 20.8 Å². The molecule has 0 saturated carbocycles. The van der Waals surface area contributed by atoms with Crippen LogP contribution in [0.15, 0.2) is 0 Å². The van der Waals surface area contributed by atoms with Crippen molar-refractivity contribution in [2.75, 3.05) is 23.1 Å². The molecule has 0 aromatic carbocycles. The first kappa shape index (κ1) is 15.6. The summed E-state index contributed by atoms with van der Waals surface area (Å²) < 4.78 is 25.8. The monoisotopic (exact) mass is 273 g/mol. The highest BCUT2D eigenvalue weighted by molar-refractivity contribution is 7.99. The summed E-state index contributed by atoms with van der Waals surface area (Å²) in [6, 6.07) is -0.0116. The molecule has 0 spiro atoms. The van der Waals surface area contributed by atoms with Crippen molar-refractivity contribution >= 4 is 33.4 Å². The van der Waals surface area contributed by atoms with E-state index < -0.39 is 10.0 Å². The maximum atomic E-state index is 11.6. The zero-order valence-corrected chi connectivity index (χ0v) is 11.9. The molecule has 0 radical (unpaired) electrons. The van der Waals surface area contributed by atoms with Gasteiger partial charge in [0.25, 0.3) is 0 Å². The van der Waals surface area contributed by atoms with Gasteiger partial charge in [-0.25, -0.2) is 13.1 Å². The molecule has 2 unspecified atom stereocenters. The minimum atomic E-state index is -3.17. The van der Waals surface area contributed by atoms with Crippen LogP contribution >= 0.6 is 23.4 Å². The van der Waals surface area contributed by atoms with E-state index in [2.05, 4.69) is 11.6 Å². The summed E-state index contributed by atoms with van der Waals surface area (Å²) >= 11 is 7.31. The lowest BCUT2D eigenvalue weighted by atomic mass is 10.3. The van der Waals surface area contributed by atoms with Crippen LogP contribution in [0.3, 0.4) is 0 Å². The van der Waals surface area contributed by atoms with E-state index in [1.165, 1.54) is 0 Å². The van der Waals surface area contributed by atoms with Crippen molar-refractivity contribution in [2.45, 2.75) is 26.8 Å². The summed E-state index contributed by atoms with van der Waals surface area (Å²) in [7, 11) is -3.17. The van der Waals surface area contributed by atoms with Gasteiger partial charge in [0.2, 0.25) is 10.0 Å². The molecule has 0 amide bonds. The average molecular weight is 274 g/mol. The zero-order valence-electron chi connectivity index (χ0n) is 9.49. The number of sulfonamides is 1. The maximum absolute atomic E-state index is 11.6. The lowest BCUT2D eigenvalue weighted by Crippen LogP contribution is -2.37. The van der Waals surface area contributed by atoms with Gasteiger partial charge in [-0.15, -0.1) is 11.6 Å². The smallest absolute Gasteiger partial charge is 0.212 e. The highest BCUT2D eigenvalue weighted by atomic mass is 35.5. The second kappa shape index (κ2) is 7.76. The Bertz CT molecular complexity index is 257. The molecule has 0 bridgehead atoms. The van der Waals surface area contributed by atoms with E-state index >= 15 is 0 Å². The summed E-state index contributed by atoms with van der Waals surface area (Å²) in [5.41, 5.74) is 0. The van der Waals surface area contributed by atoms with Gasteiger partial charge in [-0.1, -0.05) is 13.8 Å². The van der Waals surface area contributed by atoms with Crippen LogP contribution in [0.4, 0.5) is 0 Å². The summed E-state index contributed by atoms with van der Waals surface area (Å²) in [6.07, 6.45) is 0. The van der Waals surface area contributed by atoms with Crippen molar-refractivity contribution in [1.29, 1.82) is 0 Å². The summed E-state index contributed by atoms with van der Waals surface area (Å²) in [4.78, 5) is 0. The quantitative estimate of drug-likeness (QED) is 0.688. The normalized spacial score (nSPS) is 16.3. The Labute approximate surface area is 102 Å². The van der Waals surface area contributed by atoms with Crippen molar-refractivity contribution in [3.8, 4) is 0 Å². The van der Waals surface area contributed by atoms with Gasteiger partial charge in [0, 0.05) is 17.7 Å². The van der Waals surface area contributed by atoms with Gasteiger partial charge < -0.3 is 0 Å². The molecule has 0 aliphatic rings. The van der Waals surface area contributed by atoms with Gasteiger partial charge in [0.15, 0.2) is 0 Å². The molecule has 0 rings (SSSR count). The molecule has 3 nitrogen and oxygen atoms in total. The molecular formula is C9H20ClNO2S2. The first-order chi connectivity index (χ1) is 6.91. The van der Waals surface area contributed by atoms with Gasteiger partial charge in [-0.05, 0) is 18.6 Å². The van der Waals surface area contributed by atoms with Gasteiger partial charge in [-0.2, -0.15) is 11.8 Å². The third-order valence-corrected chi connectivity index (χ3v) is 5.16. The van der Waals surface area contributed by atoms with Crippen molar-refractivity contribution in [2.24, 2.45) is 5.92 Å². The zero-order chi connectivity index (χ0) is 11.9. The van der Waals surface area contributed by atoms with Crippen LogP contribution < -0.4 is 4.72 Å².